The van der Waals surface area contributed by atoms with E-state index in [-0.39, 0.29) is 18.2 Å². The summed E-state index contributed by atoms with van der Waals surface area (Å²) < 4.78 is 13.0. The lowest BCUT2D eigenvalue weighted by Gasteiger charge is -2.42. The van der Waals surface area contributed by atoms with E-state index in [0.29, 0.717) is 24.3 Å². The molecule has 3 aromatic heterocycles. The molecule has 2 fully saturated rings. The Morgan fingerprint density at radius 1 is 1.19 bits per heavy atom. The van der Waals surface area contributed by atoms with E-state index in [9.17, 15) is 4.79 Å². The minimum Gasteiger partial charge on any atom is -0.467 e. The van der Waals surface area contributed by atoms with Crippen LogP contribution in [0.25, 0.3) is 21.9 Å². The van der Waals surface area contributed by atoms with Gasteiger partial charge < -0.3 is 18.9 Å². The summed E-state index contributed by atoms with van der Waals surface area (Å²) in [6.07, 6.45) is 3.34. The number of ether oxygens (including phenoxy) is 2. The second-order valence-electron chi connectivity index (χ2n) is 9.47. The van der Waals surface area contributed by atoms with E-state index in [2.05, 4.69) is 14.9 Å². The van der Waals surface area contributed by atoms with Gasteiger partial charge in [0.15, 0.2) is 5.15 Å². The molecule has 0 N–H and O–H groups in total. The zero-order chi connectivity index (χ0) is 22.8. The summed E-state index contributed by atoms with van der Waals surface area (Å²) in [6, 6.07) is 2.37. The van der Waals surface area contributed by atoms with Gasteiger partial charge in [-0.3, -0.25) is 4.90 Å². The Morgan fingerprint density at radius 3 is 2.50 bits per heavy atom. The van der Waals surface area contributed by atoms with Crippen molar-refractivity contribution >= 4 is 45.4 Å². The fraction of sp³-hybridized carbons (Fsp3) is 0.545. The number of aromatic nitrogens is 4. The fourth-order valence-electron chi connectivity index (χ4n) is 4.97. The number of halogens is 1. The maximum absolute atomic E-state index is 12.9. The number of amides is 1. The molecule has 10 heteroatoms. The predicted molar refractivity (Wildman–Crippen MR) is 122 cm³/mol. The maximum Gasteiger partial charge on any atom is 0.410 e. The monoisotopic (exact) mass is 458 g/mol. The molecule has 2 atom stereocenters. The van der Waals surface area contributed by atoms with E-state index >= 15 is 0 Å². The summed E-state index contributed by atoms with van der Waals surface area (Å²) in [5.41, 5.74) is 1.03. The van der Waals surface area contributed by atoms with Gasteiger partial charge >= 0.3 is 12.1 Å². The molecule has 0 aliphatic carbocycles. The third-order valence-corrected chi connectivity index (χ3v) is 6.50. The third kappa shape index (κ3) is 3.30. The molecular formula is C22H27ClN6O3. The van der Waals surface area contributed by atoms with Crippen LogP contribution in [0.1, 0.15) is 33.6 Å². The molecule has 2 saturated heterocycles. The van der Waals surface area contributed by atoms with Crippen LogP contribution in [0.3, 0.4) is 0 Å². The molecule has 2 unspecified atom stereocenters. The lowest BCUT2D eigenvalue weighted by molar-refractivity contribution is 0.0123. The number of piperazine rings is 1. The Hall–Kier alpha value is -2.81. The van der Waals surface area contributed by atoms with Crippen molar-refractivity contribution in [2.75, 3.05) is 25.1 Å². The molecule has 5 heterocycles. The molecule has 5 rings (SSSR count). The number of hydrogen-bond donors (Lipinski definition) is 0. The first kappa shape index (κ1) is 21.1. The van der Waals surface area contributed by atoms with Gasteiger partial charge in [0.25, 0.3) is 0 Å². The molecule has 0 aromatic carbocycles. The van der Waals surface area contributed by atoms with Crippen molar-refractivity contribution in [1.29, 1.82) is 0 Å². The summed E-state index contributed by atoms with van der Waals surface area (Å²) in [5, 5.41) is 2.28. The molecule has 0 saturated carbocycles. The van der Waals surface area contributed by atoms with Crippen LogP contribution in [-0.4, -0.2) is 68.4 Å². The zero-order valence-electron chi connectivity index (χ0n) is 18.9. The van der Waals surface area contributed by atoms with E-state index in [1.54, 1.807) is 13.3 Å². The summed E-state index contributed by atoms with van der Waals surface area (Å²) in [6.45, 7) is 7.02. The van der Waals surface area contributed by atoms with Crippen molar-refractivity contribution in [3.8, 4) is 6.01 Å². The topological polar surface area (TPSA) is 85.6 Å². The largest absolute Gasteiger partial charge is 0.467 e. The lowest BCUT2D eigenvalue weighted by atomic mass is 10.1. The van der Waals surface area contributed by atoms with Crippen LogP contribution < -0.4 is 9.64 Å². The molecule has 2 aliphatic heterocycles. The zero-order valence-corrected chi connectivity index (χ0v) is 19.7. The SMILES string of the molecule is COc1nc(N2CC3CCC(C2)N3C(=O)OC(C)(C)C)c2c3ccnc(Cl)c3n(C)c2n1. The Morgan fingerprint density at radius 2 is 1.88 bits per heavy atom. The highest BCUT2D eigenvalue weighted by Crippen LogP contribution is 2.40. The smallest absolute Gasteiger partial charge is 0.410 e. The Kier molecular flexibility index (Phi) is 4.85. The maximum atomic E-state index is 12.9. The number of pyridine rings is 1. The van der Waals surface area contributed by atoms with Gasteiger partial charge in [-0.25, -0.2) is 9.78 Å². The van der Waals surface area contributed by atoms with Crippen molar-refractivity contribution in [3.05, 3.63) is 17.4 Å². The van der Waals surface area contributed by atoms with E-state index in [0.717, 1.165) is 40.6 Å². The summed E-state index contributed by atoms with van der Waals surface area (Å²) in [7, 11) is 3.48. The van der Waals surface area contributed by atoms with Gasteiger partial charge in [-0.15, -0.1) is 0 Å². The van der Waals surface area contributed by atoms with E-state index < -0.39 is 5.60 Å². The van der Waals surface area contributed by atoms with Crippen molar-refractivity contribution in [1.82, 2.24) is 24.4 Å². The molecule has 1 amide bonds. The molecule has 3 aromatic rings. The van der Waals surface area contributed by atoms with Gasteiger partial charge in [0.1, 0.15) is 17.1 Å². The van der Waals surface area contributed by atoms with Crippen molar-refractivity contribution in [3.63, 3.8) is 0 Å². The highest BCUT2D eigenvalue weighted by molar-refractivity contribution is 6.35. The molecular weight excluding hydrogens is 432 g/mol. The van der Waals surface area contributed by atoms with E-state index in [1.165, 1.54) is 0 Å². The first-order valence-corrected chi connectivity index (χ1v) is 11.2. The summed E-state index contributed by atoms with van der Waals surface area (Å²) >= 11 is 6.43. The standard InChI is InChI=1S/C22H27ClN6O3/c1-22(2,3)32-21(30)29-12-6-7-13(29)11-28(10-12)19-15-14-8-9-24-17(23)16(14)27(4)18(15)25-20(26-19)31-5/h8-9,12-13H,6-7,10-11H2,1-5H3. The average molecular weight is 459 g/mol. The minimum absolute atomic E-state index is 0.0693. The molecule has 170 valence electrons. The number of anilines is 1. The molecule has 32 heavy (non-hydrogen) atoms. The number of rotatable bonds is 2. The quantitative estimate of drug-likeness (QED) is 0.540. The van der Waals surface area contributed by atoms with Crippen LogP contribution in [0.4, 0.5) is 10.6 Å². The van der Waals surface area contributed by atoms with Gasteiger partial charge in [-0.1, -0.05) is 11.6 Å². The van der Waals surface area contributed by atoms with Crippen molar-refractivity contribution in [2.45, 2.75) is 51.3 Å². The normalized spacial score (nSPS) is 20.9. The Balaban J connectivity index is 1.58. The van der Waals surface area contributed by atoms with Crippen LogP contribution in [0.2, 0.25) is 5.15 Å². The first-order chi connectivity index (χ1) is 15.2. The number of methoxy groups -OCH3 is 1. The second-order valence-corrected chi connectivity index (χ2v) is 9.83. The second kappa shape index (κ2) is 7.37. The number of carbonyl (C=O) groups is 1. The molecule has 0 spiro atoms. The van der Waals surface area contributed by atoms with Gasteiger partial charge in [-0.05, 0) is 39.7 Å². The van der Waals surface area contributed by atoms with Gasteiger partial charge in [-0.2, -0.15) is 9.97 Å². The lowest BCUT2D eigenvalue weighted by Crippen LogP contribution is -2.57. The van der Waals surface area contributed by atoms with Crippen LogP contribution >= 0.6 is 11.6 Å². The van der Waals surface area contributed by atoms with Crippen LogP contribution in [-0.2, 0) is 11.8 Å². The number of carbonyl (C=O) groups excluding carboxylic acids is 1. The van der Waals surface area contributed by atoms with Crippen LogP contribution in [0, 0.1) is 0 Å². The molecule has 9 nitrogen and oxygen atoms in total. The average Bonchev–Trinajstić information content (AvgIpc) is 3.17. The number of nitrogens with zero attached hydrogens (tertiary/aromatic N) is 6. The molecule has 2 aliphatic rings. The van der Waals surface area contributed by atoms with Crippen molar-refractivity contribution in [2.24, 2.45) is 7.05 Å². The summed E-state index contributed by atoms with van der Waals surface area (Å²) in [4.78, 5) is 30.6. The highest BCUT2D eigenvalue weighted by atomic mass is 35.5. The number of aryl methyl sites for hydroxylation is 1. The first-order valence-electron chi connectivity index (χ1n) is 10.8. The fourth-order valence-corrected chi connectivity index (χ4v) is 5.25. The summed E-state index contributed by atoms with van der Waals surface area (Å²) in [5.74, 6) is 0.792. The minimum atomic E-state index is -0.518. The number of hydrogen-bond acceptors (Lipinski definition) is 7. The van der Waals surface area contributed by atoms with Gasteiger partial charge in [0.2, 0.25) is 0 Å². The predicted octanol–water partition coefficient (Wildman–Crippen LogP) is 3.77. The molecule has 0 radical (unpaired) electrons. The Bertz CT molecular complexity index is 1210. The van der Waals surface area contributed by atoms with Crippen LogP contribution in [0.15, 0.2) is 12.3 Å². The highest BCUT2D eigenvalue weighted by Gasteiger charge is 2.45. The molecule has 2 bridgehead atoms. The van der Waals surface area contributed by atoms with Crippen molar-refractivity contribution < 1.29 is 14.3 Å². The van der Waals surface area contributed by atoms with E-state index in [1.807, 2.05) is 43.4 Å². The van der Waals surface area contributed by atoms with Gasteiger partial charge in [0, 0.05) is 31.7 Å². The number of fused-ring (bicyclic) bond motifs is 5. The van der Waals surface area contributed by atoms with Crippen LogP contribution in [0.5, 0.6) is 6.01 Å². The van der Waals surface area contributed by atoms with Gasteiger partial charge in [0.05, 0.1) is 30.1 Å². The third-order valence-electron chi connectivity index (χ3n) is 6.22. The van der Waals surface area contributed by atoms with E-state index in [4.69, 9.17) is 26.1 Å². The Labute approximate surface area is 191 Å².